The number of nitrogens with two attached hydrogens (primary N) is 1. The molecule has 1 aromatic heterocycles. The number of carbonyl (C=O) groups excluding carboxylic acids is 1. The largest absolute Gasteiger partial charge is 0.345 e. The van der Waals surface area contributed by atoms with Crippen molar-refractivity contribution in [3.8, 4) is 11.1 Å². The maximum absolute atomic E-state index is 13.5. The number of nitrogens with one attached hydrogen (secondary N) is 1. The lowest BCUT2D eigenvalue weighted by Gasteiger charge is -2.17. The van der Waals surface area contributed by atoms with E-state index in [1.165, 1.54) is 5.56 Å². The van der Waals surface area contributed by atoms with E-state index in [4.69, 9.17) is 5.73 Å². The van der Waals surface area contributed by atoms with Crippen molar-refractivity contribution in [2.45, 2.75) is 39.4 Å². The van der Waals surface area contributed by atoms with Crippen molar-refractivity contribution in [3.63, 3.8) is 0 Å². The van der Waals surface area contributed by atoms with E-state index in [9.17, 15) is 4.79 Å². The molecule has 6 nitrogen and oxygen atoms in total. The van der Waals surface area contributed by atoms with E-state index in [-0.39, 0.29) is 18.0 Å². The fraction of sp³-hybridized carbons (Fsp3) is 0.310. The Hall–Kier alpha value is -3.48. The van der Waals surface area contributed by atoms with Crippen molar-refractivity contribution in [1.29, 1.82) is 0 Å². The van der Waals surface area contributed by atoms with E-state index < -0.39 is 0 Å². The second-order valence-corrected chi connectivity index (χ2v) is 9.47. The van der Waals surface area contributed by atoms with E-state index in [1.807, 2.05) is 48.0 Å². The standard InChI is InChI=1S/C29H35N5O/c1-20(2)34-28-17-25(24-12-8-9-22(15-24)19-33(4)14-13-30)16-26(27(28)18-31-34)29(35)32-21(3)23-10-6-5-7-11-23/h5-12,15-18,20-21H,13-14,19,30H2,1-4H3,(H,32,35)/t21-/m0/s1. The number of aromatic nitrogens is 2. The van der Waals surface area contributed by atoms with Crippen LogP contribution in [0.1, 0.15) is 54.3 Å². The van der Waals surface area contributed by atoms with E-state index in [0.717, 1.165) is 40.7 Å². The second-order valence-electron chi connectivity index (χ2n) is 9.47. The Morgan fingerprint density at radius 3 is 2.51 bits per heavy atom. The van der Waals surface area contributed by atoms with Crippen LogP contribution in [-0.2, 0) is 6.54 Å². The maximum Gasteiger partial charge on any atom is 0.252 e. The van der Waals surface area contributed by atoms with Crippen molar-refractivity contribution >= 4 is 16.8 Å². The summed E-state index contributed by atoms with van der Waals surface area (Å²) >= 11 is 0. The lowest BCUT2D eigenvalue weighted by atomic mass is 9.97. The third-order valence-corrected chi connectivity index (χ3v) is 6.32. The summed E-state index contributed by atoms with van der Waals surface area (Å²) in [6, 6.07) is 22.7. The van der Waals surface area contributed by atoms with Crippen LogP contribution in [-0.4, -0.2) is 40.7 Å². The van der Waals surface area contributed by atoms with Crippen molar-refractivity contribution in [2.75, 3.05) is 20.1 Å². The molecule has 0 aliphatic rings. The molecule has 0 spiro atoms. The van der Waals surface area contributed by atoms with Gasteiger partial charge in [-0.05, 0) is 68.3 Å². The Morgan fingerprint density at radius 2 is 1.80 bits per heavy atom. The fourth-order valence-corrected chi connectivity index (χ4v) is 4.47. The van der Waals surface area contributed by atoms with E-state index in [0.29, 0.717) is 12.1 Å². The summed E-state index contributed by atoms with van der Waals surface area (Å²) in [6.45, 7) is 8.50. The first-order valence-electron chi connectivity index (χ1n) is 12.2. The summed E-state index contributed by atoms with van der Waals surface area (Å²) in [7, 11) is 2.07. The van der Waals surface area contributed by atoms with Crippen LogP contribution in [0.25, 0.3) is 22.0 Å². The van der Waals surface area contributed by atoms with Gasteiger partial charge in [0.25, 0.3) is 5.91 Å². The van der Waals surface area contributed by atoms with Gasteiger partial charge in [0.1, 0.15) is 0 Å². The lowest BCUT2D eigenvalue weighted by Crippen LogP contribution is -2.26. The fourth-order valence-electron chi connectivity index (χ4n) is 4.47. The highest BCUT2D eigenvalue weighted by Crippen LogP contribution is 2.30. The summed E-state index contributed by atoms with van der Waals surface area (Å²) in [4.78, 5) is 15.7. The average Bonchev–Trinajstić information content (AvgIpc) is 3.28. The Labute approximate surface area is 207 Å². The molecule has 0 aliphatic heterocycles. The van der Waals surface area contributed by atoms with Gasteiger partial charge >= 0.3 is 0 Å². The van der Waals surface area contributed by atoms with Crippen molar-refractivity contribution in [3.05, 3.63) is 89.6 Å². The monoisotopic (exact) mass is 469 g/mol. The third kappa shape index (κ3) is 5.61. The number of hydrogen-bond donors (Lipinski definition) is 2. The maximum atomic E-state index is 13.5. The Kier molecular flexibility index (Phi) is 7.63. The molecular formula is C29H35N5O. The van der Waals surface area contributed by atoms with Crippen LogP contribution in [0.15, 0.2) is 72.9 Å². The minimum atomic E-state index is -0.107. The van der Waals surface area contributed by atoms with Crippen molar-refractivity contribution < 1.29 is 4.79 Å². The normalized spacial score (nSPS) is 12.4. The molecule has 35 heavy (non-hydrogen) atoms. The van der Waals surface area contributed by atoms with Gasteiger partial charge in [0.15, 0.2) is 0 Å². The highest BCUT2D eigenvalue weighted by molar-refractivity contribution is 6.08. The zero-order chi connectivity index (χ0) is 24.9. The first kappa shape index (κ1) is 24.6. The minimum absolute atomic E-state index is 0.102. The highest BCUT2D eigenvalue weighted by atomic mass is 16.1. The van der Waals surface area contributed by atoms with Crippen LogP contribution >= 0.6 is 0 Å². The van der Waals surface area contributed by atoms with Gasteiger partial charge in [0.2, 0.25) is 0 Å². The van der Waals surface area contributed by atoms with E-state index in [2.05, 4.69) is 66.5 Å². The van der Waals surface area contributed by atoms with Crippen LogP contribution in [0, 0.1) is 0 Å². The van der Waals surface area contributed by atoms with Crippen LogP contribution in [0.2, 0.25) is 0 Å². The molecule has 3 N–H and O–H groups in total. The zero-order valence-corrected chi connectivity index (χ0v) is 21.0. The SMILES string of the molecule is CC(C)n1ncc2c(C(=O)N[C@@H](C)c3ccccc3)cc(-c3cccc(CN(C)CCN)c3)cc21. The molecule has 0 saturated carbocycles. The number of hydrogen-bond acceptors (Lipinski definition) is 4. The molecular weight excluding hydrogens is 434 g/mol. The van der Waals surface area contributed by atoms with Gasteiger partial charge in [-0.25, -0.2) is 0 Å². The number of likely N-dealkylation sites (N-methyl/N-ethyl adjacent to an activating group) is 1. The van der Waals surface area contributed by atoms with E-state index >= 15 is 0 Å². The number of amides is 1. The van der Waals surface area contributed by atoms with Crippen molar-refractivity contribution in [2.24, 2.45) is 5.73 Å². The van der Waals surface area contributed by atoms with Gasteiger partial charge in [-0.2, -0.15) is 5.10 Å². The van der Waals surface area contributed by atoms with Gasteiger partial charge in [-0.3, -0.25) is 9.48 Å². The predicted molar refractivity (Wildman–Crippen MR) is 143 cm³/mol. The highest BCUT2D eigenvalue weighted by Gasteiger charge is 2.19. The van der Waals surface area contributed by atoms with Crippen LogP contribution < -0.4 is 11.1 Å². The first-order valence-corrected chi connectivity index (χ1v) is 12.2. The number of rotatable bonds is 9. The Morgan fingerprint density at radius 1 is 1.03 bits per heavy atom. The number of benzene rings is 3. The summed E-state index contributed by atoms with van der Waals surface area (Å²) in [5.74, 6) is -0.102. The molecule has 1 heterocycles. The van der Waals surface area contributed by atoms with Crippen LogP contribution in [0.3, 0.4) is 0 Å². The summed E-state index contributed by atoms with van der Waals surface area (Å²) in [6.07, 6.45) is 1.80. The van der Waals surface area contributed by atoms with Crippen LogP contribution in [0.5, 0.6) is 0 Å². The molecule has 4 rings (SSSR count). The topological polar surface area (TPSA) is 76.2 Å². The van der Waals surface area contributed by atoms with Gasteiger partial charge in [0, 0.05) is 31.1 Å². The number of carbonyl (C=O) groups is 1. The van der Waals surface area contributed by atoms with Gasteiger partial charge in [0.05, 0.1) is 23.3 Å². The molecule has 4 aromatic rings. The molecule has 0 radical (unpaired) electrons. The molecule has 0 saturated heterocycles. The Bertz CT molecular complexity index is 1300. The predicted octanol–water partition coefficient (Wildman–Crippen LogP) is 5.17. The summed E-state index contributed by atoms with van der Waals surface area (Å²) in [5, 5.41) is 8.64. The average molecular weight is 470 g/mol. The molecule has 1 atom stereocenters. The first-order chi connectivity index (χ1) is 16.9. The smallest absolute Gasteiger partial charge is 0.252 e. The molecule has 0 fully saturated rings. The zero-order valence-electron chi connectivity index (χ0n) is 21.0. The molecule has 3 aromatic carbocycles. The quantitative estimate of drug-likeness (QED) is 0.355. The number of fused-ring (bicyclic) bond motifs is 1. The van der Waals surface area contributed by atoms with E-state index in [1.54, 1.807) is 6.20 Å². The molecule has 0 unspecified atom stereocenters. The van der Waals surface area contributed by atoms with Gasteiger partial charge in [-0.1, -0.05) is 48.5 Å². The summed E-state index contributed by atoms with van der Waals surface area (Å²) < 4.78 is 1.98. The minimum Gasteiger partial charge on any atom is -0.345 e. The van der Waals surface area contributed by atoms with Crippen LogP contribution in [0.4, 0.5) is 0 Å². The van der Waals surface area contributed by atoms with Gasteiger partial charge < -0.3 is 16.0 Å². The second kappa shape index (κ2) is 10.8. The summed E-state index contributed by atoms with van der Waals surface area (Å²) in [5.41, 5.74) is 11.7. The molecule has 6 heteroatoms. The molecule has 1 amide bonds. The Balaban J connectivity index is 1.74. The number of nitrogens with zero attached hydrogens (tertiary/aromatic N) is 3. The van der Waals surface area contributed by atoms with Crippen molar-refractivity contribution in [1.82, 2.24) is 20.0 Å². The third-order valence-electron chi connectivity index (χ3n) is 6.32. The lowest BCUT2D eigenvalue weighted by molar-refractivity contribution is 0.0941. The van der Waals surface area contributed by atoms with Gasteiger partial charge in [-0.15, -0.1) is 0 Å². The molecule has 0 bridgehead atoms. The molecule has 0 aliphatic carbocycles. The molecule has 182 valence electrons.